The van der Waals surface area contributed by atoms with Gasteiger partial charge in [-0.05, 0) is 49.1 Å². The Balaban J connectivity index is 1.56. The molecule has 32 heavy (non-hydrogen) atoms. The molecule has 0 fully saturated rings. The first-order valence-electron chi connectivity index (χ1n) is 10.7. The van der Waals surface area contributed by atoms with Crippen molar-refractivity contribution in [3.8, 4) is 0 Å². The molecule has 0 radical (unpaired) electrons. The number of carbonyl (C=O) groups is 2. The van der Waals surface area contributed by atoms with E-state index in [4.69, 9.17) is 0 Å². The molecule has 1 amide bonds. The Labute approximate surface area is 190 Å². The number of carbonyl (C=O) groups excluding carboxylic acids is 2. The van der Waals surface area contributed by atoms with Gasteiger partial charge in [-0.2, -0.15) is 0 Å². The Morgan fingerprint density at radius 2 is 1.88 bits per heavy atom. The SMILES string of the molecule is CC1=C(C(=O)Nc2ccccc2)[C@@H](c2ccccn2)C2=C(C[C@@H](c3cccs3)CC2=O)N1. The second kappa shape index (κ2) is 8.55. The maximum Gasteiger partial charge on any atom is 0.254 e. The van der Waals surface area contributed by atoms with E-state index in [-0.39, 0.29) is 17.6 Å². The highest BCUT2D eigenvalue weighted by molar-refractivity contribution is 7.10. The fraction of sp³-hybridized carbons (Fsp3) is 0.192. The third-order valence-electron chi connectivity index (χ3n) is 6.03. The van der Waals surface area contributed by atoms with Crippen molar-refractivity contribution in [2.75, 3.05) is 5.32 Å². The summed E-state index contributed by atoms with van der Waals surface area (Å²) in [6, 6.07) is 19.1. The lowest BCUT2D eigenvalue weighted by Crippen LogP contribution is -2.37. The van der Waals surface area contributed by atoms with Crippen molar-refractivity contribution in [3.05, 3.63) is 105 Å². The molecule has 0 saturated carbocycles. The molecule has 0 bridgehead atoms. The fourth-order valence-electron chi connectivity index (χ4n) is 4.63. The molecule has 3 heterocycles. The molecule has 1 aliphatic heterocycles. The minimum atomic E-state index is -0.493. The molecular weight excluding hydrogens is 418 g/mol. The number of anilines is 1. The van der Waals surface area contributed by atoms with Crippen molar-refractivity contribution in [1.29, 1.82) is 0 Å². The highest BCUT2D eigenvalue weighted by Crippen LogP contribution is 2.45. The van der Waals surface area contributed by atoms with Crippen molar-refractivity contribution in [1.82, 2.24) is 10.3 Å². The van der Waals surface area contributed by atoms with Gasteiger partial charge < -0.3 is 10.6 Å². The summed E-state index contributed by atoms with van der Waals surface area (Å²) in [6.45, 7) is 1.90. The number of hydrogen-bond donors (Lipinski definition) is 2. The largest absolute Gasteiger partial charge is 0.362 e. The summed E-state index contributed by atoms with van der Waals surface area (Å²) in [5.74, 6) is -0.486. The van der Waals surface area contributed by atoms with Crippen molar-refractivity contribution >= 4 is 28.7 Å². The summed E-state index contributed by atoms with van der Waals surface area (Å²) in [4.78, 5) is 32.7. The number of benzene rings is 1. The molecule has 5 nitrogen and oxygen atoms in total. The zero-order valence-corrected chi connectivity index (χ0v) is 18.5. The lowest BCUT2D eigenvalue weighted by molar-refractivity contribution is -0.116. The average molecular weight is 442 g/mol. The number of thiophene rings is 1. The molecule has 0 saturated heterocycles. The fourth-order valence-corrected chi connectivity index (χ4v) is 5.46. The van der Waals surface area contributed by atoms with Crippen LogP contribution < -0.4 is 10.6 Å². The quantitative estimate of drug-likeness (QED) is 0.588. The second-order valence-electron chi connectivity index (χ2n) is 8.11. The summed E-state index contributed by atoms with van der Waals surface area (Å²) in [7, 11) is 0. The Hall–Kier alpha value is -3.51. The molecule has 0 spiro atoms. The normalized spacial score (nSPS) is 20.6. The predicted octanol–water partition coefficient (Wildman–Crippen LogP) is 5.14. The van der Waals surface area contributed by atoms with Crippen LogP contribution in [0.2, 0.25) is 0 Å². The third-order valence-corrected chi connectivity index (χ3v) is 7.07. The maximum atomic E-state index is 13.5. The molecule has 3 aromatic rings. The Morgan fingerprint density at radius 3 is 2.59 bits per heavy atom. The molecule has 5 rings (SSSR count). The number of hydrogen-bond acceptors (Lipinski definition) is 5. The zero-order chi connectivity index (χ0) is 22.1. The lowest BCUT2D eigenvalue weighted by Gasteiger charge is -2.36. The average Bonchev–Trinajstić information content (AvgIpc) is 3.34. The Bertz CT molecular complexity index is 1210. The standard InChI is InChI=1S/C26H23N3O2S/c1-16-23(26(31)29-18-8-3-2-4-9-18)25(19-10-5-6-12-27-19)24-20(28-16)14-17(15-21(24)30)22-11-7-13-32-22/h2-13,17,25,28H,14-15H2,1H3,(H,29,31)/t17-,25-/m1/s1. The molecule has 2 aliphatic rings. The van der Waals surface area contributed by atoms with Crippen molar-refractivity contribution in [3.63, 3.8) is 0 Å². The van der Waals surface area contributed by atoms with Crippen LogP contribution in [-0.4, -0.2) is 16.7 Å². The smallest absolute Gasteiger partial charge is 0.254 e. The number of ketones is 1. The van der Waals surface area contributed by atoms with Gasteiger partial charge in [0.25, 0.3) is 5.91 Å². The molecule has 2 atom stereocenters. The van der Waals surface area contributed by atoms with Crippen LogP contribution in [0.3, 0.4) is 0 Å². The van der Waals surface area contributed by atoms with Crippen LogP contribution in [0.5, 0.6) is 0 Å². The Kier molecular flexibility index (Phi) is 5.45. The summed E-state index contributed by atoms with van der Waals surface area (Å²) in [5, 5.41) is 8.45. The molecule has 1 aliphatic carbocycles. The van der Waals surface area contributed by atoms with E-state index in [0.29, 0.717) is 28.9 Å². The first-order chi connectivity index (χ1) is 15.6. The summed E-state index contributed by atoms with van der Waals surface area (Å²) in [5.41, 5.74) is 4.29. The van der Waals surface area contributed by atoms with E-state index in [0.717, 1.165) is 17.8 Å². The van der Waals surface area contributed by atoms with E-state index >= 15 is 0 Å². The van der Waals surface area contributed by atoms with E-state index in [1.807, 2.05) is 66.9 Å². The van der Waals surface area contributed by atoms with Gasteiger partial charge in [0.15, 0.2) is 5.78 Å². The van der Waals surface area contributed by atoms with Crippen molar-refractivity contribution in [2.24, 2.45) is 0 Å². The van der Waals surface area contributed by atoms with Gasteiger partial charge in [-0.3, -0.25) is 14.6 Å². The van der Waals surface area contributed by atoms with Crippen LogP contribution in [0.15, 0.2) is 94.8 Å². The highest BCUT2D eigenvalue weighted by atomic mass is 32.1. The number of dihydropyridines is 1. The minimum absolute atomic E-state index is 0.0744. The molecule has 2 aromatic heterocycles. The van der Waals surface area contributed by atoms with Crippen LogP contribution in [-0.2, 0) is 9.59 Å². The van der Waals surface area contributed by atoms with Gasteiger partial charge in [-0.15, -0.1) is 11.3 Å². The van der Waals surface area contributed by atoms with Crippen LogP contribution in [0.25, 0.3) is 0 Å². The van der Waals surface area contributed by atoms with Crippen LogP contribution in [0, 0.1) is 0 Å². The summed E-state index contributed by atoms with van der Waals surface area (Å²) in [6.07, 6.45) is 2.90. The van der Waals surface area contributed by atoms with E-state index in [2.05, 4.69) is 21.7 Å². The first kappa shape index (κ1) is 20.4. The lowest BCUT2D eigenvalue weighted by atomic mass is 9.73. The van der Waals surface area contributed by atoms with Crippen molar-refractivity contribution < 1.29 is 9.59 Å². The number of aromatic nitrogens is 1. The summed E-state index contributed by atoms with van der Waals surface area (Å²) < 4.78 is 0. The van der Waals surface area contributed by atoms with Gasteiger partial charge in [0.1, 0.15) is 0 Å². The third kappa shape index (κ3) is 3.78. The number of rotatable bonds is 4. The van der Waals surface area contributed by atoms with Crippen molar-refractivity contribution in [2.45, 2.75) is 31.6 Å². The molecule has 0 unspecified atom stereocenters. The predicted molar refractivity (Wildman–Crippen MR) is 126 cm³/mol. The minimum Gasteiger partial charge on any atom is -0.362 e. The second-order valence-corrected chi connectivity index (χ2v) is 9.09. The van der Waals surface area contributed by atoms with Gasteiger partial charge in [-0.1, -0.05) is 30.3 Å². The van der Waals surface area contributed by atoms with E-state index in [1.165, 1.54) is 4.88 Å². The first-order valence-corrected chi connectivity index (χ1v) is 11.5. The molecule has 1 aromatic carbocycles. The highest BCUT2D eigenvalue weighted by Gasteiger charge is 2.41. The number of allylic oxidation sites excluding steroid dienone is 3. The molecule has 2 N–H and O–H groups in total. The number of nitrogens with zero attached hydrogens (tertiary/aromatic N) is 1. The number of amides is 1. The molecule has 6 heteroatoms. The van der Waals surface area contributed by atoms with Crippen LogP contribution in [0.4, 0.5) is 5.69 Å². The molecular formula is C26H23N3O2S. The van der Waals surface area contributed by atoms with Gasteiger partial charge in [-0.25, -0.2) is 0 Å². The zero-order valence-electron chi connectivity index (χ0n) is 17.7. The number of nitrogens with one attached hydrogen (secondary N) is 2. The number of para-hydroxylation sites is 1. The Morgan fingerprint density at radius 1 is 1.06 bits per heavy atom. The maximum absolute atomic E-state index is 13.5. The summed E-state index contributed by atoms with van der Waals surface area (Å²) >= 11 is 1.68. The van der Waals surface area contributed by atoms with E-state index in [9.17, 15) is 9.59 Å². The topological polar surface area (TPSA) is 71.1 Å². The number of pyridine rings is 1. The number of Topliss-reactive ketones (excluding diaryl/α,β-unsaturated/α-hetero) is 1. The van der Waals surface area contributed by atoms with Crippen LogP contribution in [0.1, 0.15) is 42.2 Å². The van der Waals surface area contributed by atoms with Gasteiger partial charge in [0.2, 0.25) is 0 Å². The monoisotopic (exact) mass is 441 g/mol. The van der Waals surface area contributed by atoms with Crippen LogP contribution >= 0.6 is 11.3 Å². The van der Waals surface area contributed by atoms with Gasteiger partial charge in [0, 0.05) is 51.6 Å². The van der Waals surface area contributed by atoms with E-state index in [1.54, 1.807) is 17.5 Å². The van der Waals surface area contributed by atoms with Gasteiger partial charge >= 0.3 is 0 Å². The van der Waals surface area contributed by atoms with E-state index < -0.39 is 5.92 Å². The molecule has 160 valence electrons. The van der Waals surface area contributed by atoms with Gasteiger partial charge in [0.05, 0.1) is 11.6 Å².